The molecule has 1 unspecified atom stereocenters. The van der Waals surface area contributed by atoms with Crippen molar-refractivity contribution in [1.29, 1.82) is 0 Å². The Morgan fingerprint density at radius 3 is 2.85 bits per heavy atom. The van der Waals surface area contributed by atoms with E-state index in [9.17, 15) is 0 Å². The van der Waals surface area contributed by atoms with Crippen LogP contribution in [0.2, 0.25) is 0 Å². The van der Waals surface area contributed by atoms with E-state index < -0.39 is 0 Å². The standard InChI is InChI=1S/C22H35N3O2/c1-5-23-21(24-16-22(8-9-22)10-12-26-4)25-11-13-27-20(15-25)19-7-6-17(2)14-18(19)3/h6-7,14,20H,5,8-13,15-16H2,1-4H3,(H,23,24). The molecule has 1 aromatic carbocycles. The number of aliphatic imine (C=N–C) groups is 1. The zero-order chi connectivity index (χ0) is 19.3. The fourth-order valence-corrected chi connectivity index (χ4v) is 3.87. The highest BCUT2D eigenvalue weighted by atomic mass is 16.5. The fourth-order valence-electron chi connectivity index (χ4n) is 3.87. The molecule has 0 radical (unpaired) electrons. The minimum atomic E-state index is 0.103. The minimum Gasteiger partial charge on any atom is -0.385 e. The SMILES string of the molecule is CCNC(=NCC1(CCOC)CC1)N1CCOC(c2ccc(C)cc2C)C1. The summed E-state index contributed by atoms with van der Waals surface area (Å²) in [5.74, 6) is 1.03. The molecular weight excluding hydrogens is 338 g/mol. The number of hydrogen-bond donors (Lipinski definition) is 1. The number of nitrogens with one attached hydrogen (secondary N) is 1. The lowest BCUT2D eigenvalue weighted by Crippen LogP contribution is -2.48. The van der Waals surface area contributed by atoms with Gasteiger partial charge in [0.25, 0.3) is 0 Å². The van der Waals surface area contributed by atoms with Crippen molar-refractivity contribution < 1.29 is 9.47 Å². The predicted octanol–water partition coefficient (Wildman–Crippen LogP) is 3.46. The normalized spacial score (nSPS) is 22.0. The van der Waals surface area contributed by atoms with E-state index in [1.54, 1.807) is 7.11 Å². The van der Waals surface area contributed by atoms with Gasteiger partial charge in [0, 0.05) is 33.4 Å². The molecular formula is C22H35N3O2. The van der Waals surface area contributed by atoms with Gasteiger partial charge in [-0.05, 0) is 56.6 Å². The second-order valence-electron chi connectivity index (χ2n) is 8.08. The van der Waals surface area contributed by atoms with Gasteiger partial charge in [-0.25, -0.2) is 0 Å². The van der Waals surface area contributed by atoms with Crippen LogP contribution in [0, 0.1) is 19.3 Å². The summed E-state index contributed by atoms with van der Waals surface area (Å²) in [6, 6.07) is 6.63. The summed E-state index contributed by atoms with van der Waals surface area (Å²) < 4.78 is 11.4. The molecule has 1 saturated heterocycles. The topological polar surface area (TPSA) is 46.1 Å². The molecule has 2 fully saturated rings. The zero-order valence-electron chi connectivity index (χ0n) is 17.4. The Kier molecular flexibility index (Phi) is 6.77. The van der Waals surface area contributed by atoms with Crippen molar-refractivity contribution in [1.82, 2.24) is 10.2 Å². The summed E-state index contributed by atoms with van der Waals surface area (Å²) in [5.41, 5.74) is 4.26. The number of methoxy groups -OCH3 is 1. The highest BCUT2D eigenvalue weighted by Crippen LogP contribution is 2.49. The van der Waals surface area contributed by atoms with E-state index in [0.29, 0.717) is 5.41 Å². The average molecular weight is 374 g/mol. The molecule has 1 N–H and O–H groups in total. The molecule has 0 spiro atoms. The Morgan fingerprint density at radius 1 is 1.37 bits per heavy atom. The van der Waals surface area contributed by atoms with E-state index in [0.717, 1.165) is 51.8 Å². The molecule has 1 heterocycles. The van der Waals surface area contributed by atoms with Crippen molar-refractivity contribution in [3.8, 4) is 0 Å². The highest BCUT2D eigenvalue weighted by molar-refractivity contribution is 5.80. The van der Waals surface area contributed by atoms with Gasteiger partial charge in [-0.15, -0.1) is 0 Å². The van der Waals surface area contributed by atoms with Gasteiger partial charge in [-0.3, -0.25) is 4.99 Å². The highest BCUT2D eigenvalue weighted by Gasteiger charge is 2.42. The van der Waals surface area contributed by atoms with Gasteiger partial charge in [0.2, 0.25) is 0 Å². The van der Waals surface area contributed by atoms with Crippen molar-refractivity contribution in [3.05, 3.63) is 34.9 Å². The van der Waals surface area contributed by atoms with Crippen molar-refractivity contribution >= 4 is 5.96 Å². The molecule has 1 aliphatic carbocycles. The van der Waals surface area contributed by atoms with Gasteiger partial charge in [0.05, 0.1) is 13.2 Å². The molecule has 5 heteroatoms. The van der Waals surface area contributed by atoms with Crippen LogP contribution in [0.4, 0.5) is 0 Å². The van der Waals surface area contributed by atoms with Crippen LogP contribution < -0.4 is 5.32 Å². The van der Waals surface area contributed by atoms with Gasteiger partial charge in [0.1, 0.15) is 6.10 Å². The van der Waals surface area contributed by atoms with Gasteiger partial charge >= 0.3 is 0 Å². The quantitative estimate of drug-likeness (QED) is 0.587. The molecule has 1 aromatic rings. The molecule has 1 atom stereocenters. The molecule has 1 saturated carbocycles. The molecule has 27 heavy (non-hydrogen) atoms. The minimum absolute atomic E-state index is 0.103. The van der Waals surface area contributed by atoms with E-state index in [-0.39, 0.29) is 6.10 Å². The summed E-state index contributed by atoms with van der Waals surface area (Å²) >= 11 is 0. The second kappa shape index (κ2) is 9.07. The number of guanidine groups is 1. The van der Waals surface area contributed by atoms with Crippen molar-refractivity contribution in [2.24, 2.45) is 10.4 Å². The molecule has 0 aromatic heterocycles. The molecule has 0 amide bonds. The van der Waals surface area contributed by atoms with E-state index in [1.165, 1.54) is 29.5 Å². The summed E-state index contributed by atoms with van der Waals surface area (Å²) in [4.78, 5) is 7.37. The first kappa shape index (κ1) is 20.2. The maximum Gasteiger partial charge on any atom is 0.194 e. The average Bonchev–Trinajstić information content (AvgIpc) is 3.44. The Labute approximate surface area is 164 Å². The number of aryl methyl sites for hydroxylation is 2. The third-order valence-corrected chi connectivity index (χ3v) is 5.83. The first-order chi connectivity index (χ1) is 13.1. The van der Waals surface area contributed by atoms with Crippen LogP contribution in [0.3, 0.4) is 0 Å². The van der Waals surface area contributed by atoms with Crippen LogP contribution in [-0.4, -0.2) is 57.4 Å². The maximum atomic E-state index is 6.11. The number of hydrogen-bond acceptors (Lipinski definition) is 3. The van der Waals surface area contributed by atoms with E-state index in [2.05, 4.69) is 49.2 Å². The Morgan fingerprint density at radius 2 is 2.19 bits per heavy atom. The zero-order valence-corrected chi connectivity index (χ0v) is 17.4. The maximum absolute atomic E-state index is 6.11. The predicted molar refractivity (Wildman–Crippen MR) is 110 cm³/mol. The molecule has 0 bridgehead atoms. The molecule has 1 aliphatic heterocycles. The molecule has 5 nitrogen and oxygen atoms in total. The van der Waals surface area contributed by atoms with Gasteiger partial charge in [-0.2, -0.15) is 0 Å². The lowest BCUT2D eigenvalue weighted by atomic mass is 10.00. The van der Waals surface area contributed by atoms with E-state index in [4.69, 9.17) is 14.5 Å². The third-order valence-electron chi connectivity index (χ3n) is 5.83. The van der Waals surface area contributed by atoms with Crippen molar-refractivity contribution in [2.75, 3.05) is 46.5 Å². The fraction of sp³-hybridized carbons (Fsp3) is 0.682. The second-order valence-corrected chi connectivity index (χ2v) is 8.08. The summed E-state index contributed by atoms with van der Waals surface area (Å²) in [7, 11) is 1.78. The van der Waals surface area contributed by atoms with E-state index in [1.807, 2.05) is 0 Å². The Balaban J connectivity index is 1.68. The monoisotopic (exact) mass is 373 g/mol. The first-order valence-corrected chi connectivity index (χ1v) is 10.3. The van der Waals surface area contributed by atoms with Crippen LogP contribution in [0.25, 0.3) is 0 Å². The van der Waals surface area contributed by atoms with Crippen molar-refractivity contribution in [3.63, 3.8) is 0 Å². The summed E-state index contributed by atoms with van der Waals surface area (Å²) in [5, 5.41) is 3.49. The smallest absolute Gasteiger partial charge is 0.194 e. The summed E-state index contributed by atoms with van der Waals surface area (Å²) in [6.07, 6.45) is 3.76. The van der Waals surface area contributed by atoms with E-state index >= 15 is 0 Å². The number of nitrogens with zero attached hydrogens (tertiary/aromatic N) is 2. The van der Waals surface area contributed by atoms with Crippen LogP contribution in [0.15, 0.2) is 23.2 Å². The largest absolute Gasteiger partial charge is 0.385 e. The lowest BCUT2D eigenvalue weighted by Gasteiger charge is -2.36. The molecule has 2 aliphatic rings. The summed E-state index contributed by atoms with van der Waals surface area (Å²) in [6.45, 7) is 11.5. The molecule has 3 rings (SSSR count). The van der Waals surface area contributed by atoms with Crippen LogP contribution in [-0.2, 0) is 9.47 Å². The Bertz CT molecular complexity index is 655. The van der Waals surface area contributed by atoms with Gasteiger partial charge < -0.3 is 19.7 Å². The van der Waals surface area contributed by atoms with Gasteiger partial charge in [-0.1, -0.05) is 23.8 Å². The number of rotatable bonds is 7. The van der Waals surface area contributed by atoms with Crippen LogP contribution in [0.1, 0.15) is 49.0 Å². The van der Waals surface area contributed by atoms with Crippen LogP contribution in [0.5, 0.6) is 0 Å². The molecule has 150 valence electrons. The van der Waals surface area contributed by atoms with Gasteiger partial charge in [0.15, 0.2) is 5.96 Å². The number of morpholine rings is 1. The first-order valence-electron chi connectivity index (χ1n) is 10.3. The number of ether oxygens (including phenoxy) is 2. The Hall–Kier alpha value is -1.59. The lowest BCUT2D eigenvalue weighted by molar-refractivity contribution is -0.00837. The third kappa shape index (κ3) is 5.23. The number of benzene rings is 1. The van der Waals surface area contributed by atoms with Crippen molar-refractivity contribution in [2.45, 2.75) is 46.1 Å². The van der Waals surface area contributed by atoms with Crippen LogP contribution >= 0.6 is 0 Å².